The quantitative estimate of drug-likeness (QED) is 0.374. The summed E-state index contributed by atoms with van der Waals surface area (Å²) < 4.78 is 29.6. The van der Waals surface area contributed by atoms with Gasteiger partial charge in [0.2, 0.25) is 10.0 Å². The number of carboxylic acids is 1. The van der Waals surface area contributed by atoms with Gasteiger partial charge in [-0.15, -0.1) is 10.1 Å². The van der Waals surface area contributed by atoms with Crippen molar-refractivity contribution < 1.29 is 28.2 Å². The Kier molecular flexibility index (Phi) is 6.28. The molecule has 3 aliphatic rings. The Labute approximate surface area is 213 Å². The van der Waals surface area contributed by atoms with Gasteiger partial charge in [0.15, 0.2) is 0 Å². The second-order valence-electron chi connectivity index (χ2n) is 10.8. The molecule has 3 N–H and O–H groups in total. The average Bonchev–Trinajstić information content (AvgIpc) is 3.25. The number of benzene rings is 1. The summed E-state index contributed by atoms with van der Waals surface area (Å²) >= 11 is 0. The van der Waals surface area contributed by atoms with E-state index in [4.69, 9.17) is 5.73 Å². The summed E-state index contributed by atoms with van der Waals surface area (Å²) in [5, 5.41) is 20.0. The summed E-state index contributed by atoms with van der Waals surface area (Å²) in [6.45, 7) is 2.44. The van der Waals surface area contributed by atoms with Crippen molar-refractivity contribution in [3.05, 3.63) is 50.4 Å². The zero-order valence-electron chi connectivity index (χ0n) is 20.4. The molecule has 0 bridgehead atoms. The minimum absolute atomic E-state index is 0.0204. The van der Waals surface area contributed by atoms with Gasteiger partial charge in [-0.2, -0.15) is 4.31 Å². The Morgan fingerprint density at radius 2 is 2.05 bits per heavy atom. The highest BCUT2D eigenvalue weighted by Crippen LogP contribution is 2.65. The summed E-state index contributed by atoms with van der Waals surface area (Å²) in [5.74, 6) is -1.89. The van der Waals surface area contributed by atoms with Crippen LogP contribution in [0.1, 0.15) is 31.2 Å². The molecule has 1 aromatic heterocycles. The van der Waals surface area contributed by atoms with Crippen molar-refractivity contribution >= 4 is 26.8 Å². The minimum Gasteiger partial charge on any atom is -0.481 e. The van der Waals surface area contributed by atoms with E-state index < -0.39 is 27.0 Å². The number of nitrogens with two attached hydrogens (primary N) is 1. The van der Waals surface area contributed by atoms with Gasteiger partial charge in [-0.05, 0) is 67.6 Å². The largest absolute Gasteiger partial charge is 0.481 e. The number of carboxylic acid groups (broad SMARTS) is 1. The van der Waals surface area contributed by atoms with Crippen LogP contribution in [0.3, 0.4) is 0 Å². The first-order valence-electron chi connectivity index (χ1n) is 12.3. The fraction of sp³-hybridized carbons (Fsp3) is 0.583. The second-order valence-corrected chi connectivity index (χ2v) is 12.7. The average molecular weight is 535 g/mol. The van der Waals surface area contributed by atoms with Crippen LogP contribution in [-0.4, -0.2) is 59.2 Å². The van der Waals surface area contributed by atoms with E-state index in [1.165, 1.54) is 14.9 Å². The molecule has 2 heterocycles. The maximum atomic E-state index is 13.5. The predicted octanol–water partition coefficient (Wildman–Crippen LogP) is 1.36. The third-order valence-electron chi connectivity index (χ3n) is 8.48. The van der Waals surface area contributed by atoms with Gasteiger partial charge in [0.05, 0.1) is 17.4 Å². The molecule has 200 valence electrons. The van der Waals surface area contributed by atoms with Crippen molar-refractivity contribution in [2.24, 2.45) is 28.9 Å². The second kappa shape index (κ2) is 9.07. The van der Waals surface area contributed by atoms with Crippen LogP contribution in [0.15, 0.2) is 34.1 Å². The molecule has 13 heteroatoms. The molecule has 3 fully saturated rings. The molecule has 1 aromatic carbocycles. The monoisotopic (exact) mass is 534 g/mol. The van der Waals surface area contributed by atoms with Gasteiger partial charge in [0.1, 0.15) is 0 Å². The SMILES string of the molecule is Cc1cn(C[C@H]2C(C(=O)O)CC23CC(CO[N+](=O)[O-])C3)c(=O)c2cccc(S(=O)(=O)N3CCC(N)C3)c12. The number of aliphatic carboxylic acids is 1. The Bertz CT molecular complexity index is 1430. The molecule has 1 aliphatic heterocycles. The van der Waals surface area contributed by atoms with E-state index in [2.05, 4.69) is 4.84 Å². The molecule has 0 radical (unpaired) electrons. The van der Waals surface area contributed by atoms with E-state index in [9.17, 15) is 33.2 Å². The topological polar surface area (TPSA) is 175 Å². The molecular weight excluding hydrogens is 504 g/mol. The fourth-order valence-corrected chi connectivity index (χ4v) is 8.51. The van der Waals surface area contributed by atoms with Gasteiger partial charge in [-0.1, -0.05) is 6.07 Å². The number of aryl methyl sites for hydroxylation is 1. The van der Waals surface area contributed by atoms with Gasteiger partial charge >= 0.3 is 5.97 Å². The number of hydrogen-bond acceptors (Lipinski definition) is 8. The van der Waals surface area contributed by atoms with E-state index in [-0.39, 0.29) is 58.8 Å². The normalized spacial score (nSPS) is 29.7. The molecular formula is C24H30N4O8S. The first kappa shape index (κ1) is 25.6. The molecule has 2 unspecified atom stereocenters. The van der Waals surface area contributed by atoms with E-state index in [1.54, 1.807) is 25.3 Å². The third-order valence-corrected chi connectivity index (χ3v) is 10.4. The maximum absolute atomic E-state index is 13.5. The molecule has 37 heavy (non-hydrogen) atoms. The number of fused-ring (bicyclic) bond motifs is 1. The Hall–Kier alpha value is -3.03. The number of pyridine rings is 1. The third kappa shape index (κ3) is 4.28. The van der Waals surface area contributed by atoms with Crippen LogP contribution in [0.5, 0.6) is 0 Å². The van der Waals surface area contributed by atoms with Crippen LogP contribution in [0.4, 0.5) is 0 Å². The fourth-order valence-electron chi connectivity index (χ4n) is 6.72. The van der Waals surface area contributed by atoms with Gasteiger partial charge in [0, 0.05) is 42.6 Å². The predicted molar refractivity (Wildman–Crippen MR) is 132 cm³/mol. The molecule has 3 atom stereocenters. The first-order chi connectivity index (χ1) is 17.4. The lowest BCUT2D eigenvalue weighted by Crippen LogP contribution is -2.60. The Morgan fingerprint density at radius 3 is 2.68 bits per heavy atom. The highest BCUT2D eigenvalue weighted by atomic mass is 32.2. The van der Waals surface area contributed by atoms with E-state index >= 15 is 0 Å². The lowest BCUT2D eigenvalue weighted by atomic mass is 9.42. The lowest BCUT2D eigenvalue weighted by molar-refractivity contribution is -0.760. The maximum Gasteiger partial charge on any atom is 0.306 e. The van der Waals surface area contributed by atoms with Crippen molar-refractivity contribution in [1.29, 1.82) is 0 Å². The van der Waals surface area contributed by atoms with E-state index in [0.717, 1.165) is 0 Å². The molecule has 1 saturated heterocycles. The van der Waals surface area contributed by atoms with E-state index in [1.807, 2.05) is 0 Å². The van der Waals surface area contributed by atoms with Gasteiger partial charge in [0.25, 0.3) is 10.6 Å². The number of hydrogen-bond donors (Lipinski definition) is 2. The van der Waals surface area contributed by atoms with Gasteiger partial charge in [-0.3, -0.25) is 9.59 Å². The van der Waals surface area contributed by atoms with Gasteiger partial charge in [-0.25, -0.2) is 8.42 Å². The lowest BCUT2D eigenvalue weighted by Gasteiger charge is -2.62. The number of aromatic nitrogens is 1. The van der Waals surface area contributed by atoms with Crippen LogP contribution in [0, 0.1) is 40.2 Å². The summed E-state index contributed by atoms with van der Waals surface area (Å²) in [4.78, 5) is 40.5. The number of carbonyl (C=O) groups is 1. The van der Waals surface area contributed by atoms with E-state index in [0.29, 0.717) is 43.2 Å². The minimum atomic E-state index is -3.85. The molecule has 5 rings (SSSR count). The number of nitrogens with zero attached hydrogens (tertiary/aromatic N) is 3. The number of sulfonamides is 1. The molecule has 2 aromatic rings. The molecule has 0 amide bonds. The summed E-state index contributed by atoms with van der Waals surface area (Å²) in [6.07, 6.45) is 3.86. The van der Waals surface area contributed by atoms with Crippen molar-refractivity contribution in [3.63, 3.8) is 0 Å². The highest BCUT2D eigenvalue weighted by molar-refractivity contribution is 7.89. The van der Waals surface area contributed by atoms with Crippen LogP contribution in [0.2, 0.25) is 0 Å². The summed E-state index contributed by atoms with van der Waals surface area (Å²) in [7, 11) is -3.85. The van der Waals surface area contributed by atoms with Gasteiger partial charge < -0.3 is 20.2 Å². The Balaban J connectivity index is 1.46. The van der Waals surface area contributed by atoms with Crippen LogP contribution >= 0.6 is 0 Å². The zero-order valence-corrected chi connectivity index (χ0v) is 21.2. The van der Waals surface area contributed by atoms with Crippen LogP contribution in [-0.2, 0) is 26.2 Å². The van der Waals surface area contributed by atoms with Crippen molar-refractivity contribution in [2.75, 3.05) is 19.7 Å². The van der Waals surface area contributed by atoms with Crippen molar-refractivity contribution in [2.45, 2.75) is 50.1 Å². The highest BCUT2D eigenvalue weighted by Gasteiger charge is 2.62. The van der Waals surface area contributed by atoms with Crippen LogP contribution in [0.25, 0.3) is 10.8 Å². The molecule has 1 spiro atoms. The molecule has 2 saturated carbocycles. The smallest absolute Gasteiger partial charge is 0.306 e. The van der Waals surface area contributed by atoms with Crippen molar-refractivity contribution in [1.82, 2.24) is 8.87 Å². The summed E-state index contributed by atoms with van der Waals surface area (Å²) in [5.41, 5.74) is 5.85. The molecule has 12 nitrogen and oxygen atoms in total. The van der Waals surface area contributed by atoms with Crippen LogP contribution < -0.4 is 11.3 Å². The first-order valence-corrected chi connectivity index (χ1v) is 13.8. The Morgan fingerprint density at radius 1 is 1.32 bits per heavy atom. The number of rotatable bonds is 8. The van der Waals surface area contributed by atoms with Crippen molar-refractivity contribution in [3.8, 4) is 0 Å². The summed E-state index contributed by atoms with van der Waals surface area (Å²) in [6, 6.07) is 4.42. The zero-order chi connectivity index (χ0) is 26.7. The molecule has 2 aliphatic carbocycles. The standard InChI is InChI=1S/C24H30N4O8S/c1-14-10-26(12-19-18(23(30)31)9-24(19)7-15(8-24)13-36-28(32)33)22(29)17-3-2-4-20(21(14)17)37(34,35)27-6-5-16(25)11-27/h2-4,10,15-16,18-19H,5-9,11-13,25H2,1H3,(H,30,31)/t15?,16?,18?,19-,24?/m0/s1.